The van der Waals surface area contributed by atoms with Gasteiger partial charge in [-0.3, -0.25) is 4.90 Å². The number of likely N-dealkylation sites (N-methyl/N-ethyl adjacent to an activating group) is 1. The van der Waals surface area contributed by atoms with Gasteiger partial charge in [-0.25, -0.2) is 0 Å². The van der Waals surface area contributed by atoms with Crippen molar-refractivity contribution in [1.29, 1.82) is 0 Å². The first kappa shape index (κ1) is 17.9. The van der Waals surface area contributed by atoms with Gasteiger partial charge in [-0.15, -0.1) is 0 Å². The number of aliphatic hydroxyl groups is 1. The molecule has 0 fully saturated rings. The van der Waals surface area contributed by atoms with E-state index < -0.39 is 6.10 Å². The van der Waals surface area contributed by atoms with Crippen molar-refractivity contribution >= 4 is 0 Å². The summed E-state index contributed by atoms with van der Waals surface area (Å²) in [4.78, 5) is 2.21. The van der Waals surface area contributed by atoms with Gasteiger partial charge in [0.05, 0.1) is 26.4 Å². The van der Waals surface area contributed by atoms with E-state index in [0.717, 1.165) is 29.0 Å². The van der Waals surface area contributed by atoms with E-state index in [0.29, 0.717) is 11.5 Å². The molecule has 6 nitrogen and oxygen atoms in total. The molecule has 3 unspecified atom stereocenters. The van der Waals surface area contributed by atoms with Crippen LogP contribution in [-0.4, -0.2) is 44.1 Å². The normalized spacial score (nSPS) is 22.3. The van der Waals surface area contributed by atoms with Gasteiger partial charge in [-0.1, -0.05) is 6.07 Å². The third-order valence-electron chi connectivity index (χ3n) is 5.65. The average Bonchev–Trinajstić information content (AvgIpc) is 3.13. The molecule has 4 rings (SSSR count). The van der Waals surface area contributed by atoms with Crippen LogP contribution in [0.4, 0.5) is 0 Å². The van der Waals surface area contributed by atoms with Crippen LogP contribution in [0.2, 0.25) is 0 Å². The topological polar surface area (TPSA) is 60.4 Å². The van der Waals surface area contributed by atoms with Crippen molar-refractivity contribution in [3.63, 3.8) is 0 Å². The van der Waals surface area contributed by atoms with E-state index in [1.165, 1.54) is 5.56 Å². The minimum Gasteiger partial charge on any atom is -0.493 e. The second kappa shape index (κ2) is 6.94. The van der Waals surface area contributed by atoms with Gasteiger partial charge in [0.25, 0.3) is 0 Å². The molecule has 27 heavy (non-hydrogen) atoms. The zero-order chi connectivity index (χ0) is 19.1. The van der Waals surface area contributed by atoms with Crippen LogP contribution in [0.25, 0.3) is 0 Å². The van der Waals surface area contributed by atoms with Crippen LogP contribution in [0.3, 0.4) is 0 Å². The number of ether oxygens (including phenoxy) is 4. The summed E-state index contributed by atoms with van der Waals surface area (Å²) in [7, 11) is 5.25. The Kier molecular flexibility index (Phi) is 4.61. The third-order valence-corrected chi connectivity index (χ3v) is 5.65. The number of hydrogen-bond donors (Lipinski definition) is 1. The first-order chi connectivity index (χ1) is 13.0. The molecule has 0 amide bonds. The monoisotopic (exact) mass is 371 g/mol. The molecule has 1 N–H and O–H groups in total. The minimum absolute atomic E-state index is 0.198. The Morgan fingerprint density at radius 3 is 2.48 bits per heavy atom. The Labute approximate surface area is 159 Å². The molecule has 0 saturated heterocycles. The van der Waals surface area contributed by atoms with Crippen LogP contribution in [0.1, 0.15) is 35.8 Å². The summed E-state index contributed by atoms with van der Waals surface area (Å²) in [6.07, 6.45) is 0.175. The number of nitrogens with zero attached hydrogens (tertiary/aromatic N) is 1. The molecular formula is C21H25NO5. The SMILES string of the molecule is COc1ccc(C(O)C2c3cc4c(cc3CC(C)N2C)OCO4)cc1OC. The van der Waals surface area contributed by atoms with Crippen LogP contribution < -0.4 is 18.9 Å². The summed E-state index contributed by atoms with van der Waals surface area (Å²) in [5.74, 6) is 2.76. The Hall–Kier alpha value is -2.44. The van der Waals surface area contributed by atoms with Crippen molar-refractivity contribution in [2.75, 3.05) is 28.1 Å². The molecule has 144 valence electrons. The van der Waals surface area contributed by atoms with Gasteiger partial charge in [0.15, 0.2) is 23.0 Å². The second-order valence-electron chi connectivity index (χ2n) is 7.13. The fourth-order valence-electron chi connectivity index (χ4n) is 4.02. The largest absolute Gasteiger partial charge is 0.493 e. The second-order valence-corrected chi connectivity index (χ2v) is 7.13. The van der Waals surface area contributed by atoms with Gasteiger partial charge >= 0.3 is 0 Å². The van der Waals surface area contributed by atoms with E-state index in [9.17, 15) is 5.11 Å². The van der Waals surface area contributed by atoms with E-state index in [4.69, 9.17) is 18.9 Å². The van der Waals surface area contributed by atoms with Crippen molar-refractivity contribution in [1.82, 2.24) is 4.90 Å². The number of benzene rings is 2. The number of aliphatic hydroxyl groups excluding tert-OH is 1. The number of methoxy groups -OCH3 is 2. The molecule has 2 aliphatic rings. The fraction of sp³-hybridized carbons (Fsp3) is 0.429. The van der Waals surface area contributed by atoms with Gasteiger partial charge in [0, 0.05) is 6.04 Å². The molecule has 2 aliphatic heterocycles. The molecule has 0 aromatic heterocycles. The Morgan fingerprint density at radius 2 is 1.78 bits per heavy atom. The summed E-state index contributed by atoms with van der Waals surface area (Å²) in [6.45, 7) is 2.41. The highest BCUT2D eigenvalue weighted by Crippen LogP contribution is 2.46. The average molecular weight is 371 g/mol. The maximum absolute atomic E-state index is 11.3. The van der Waals surface area contributed by atoms with Crippen molar-refractivity contribution in [2.45, 2.75) is 31.5 Å². The molecule has 2 aromatic carbocycles. The summed E-state index contributed by atoms with van der Waals surface area (Å²) in [6, 6.07) is 9.69. The number of hydrogen-bond acceptors (Lipinski definition) is 6. The predicted molar refractivity (Wildman–Crippen MR) is 101 cm³/mol. The van der Waals surface area contributed by atoms with Crippen molar-refractivity contribution in [3.05, 3.63) is 47.0 Å². The fourth-order valence-corrected chi connectivity index (χ4v) is 4.02. The first-order valence-electron chi connectivity index (χ1n) is 9.07. The van der Waals surface area contributed by atoms with Gasteiger partial charge in [-0.05, 0) is 61.3 Å². The van der Waals surface area contributed by atoms with E-state index in [-0.39, 0.29) is 18.9 Å². The van der Waals surface area contributed by atoms with Crippen LogP contribution in [-0.2, 0) is 6.42 Å². The number of rotatable bonds is 4. The van der Waals surface area contributed by atoms with Gasteiger partial charge < -0.3 is 24.1 Å². The molecule has 0 spiro atoms. The summed E-state index contributed by atoms with van der Waals surface area (Å²) < 4.78 is 21.8. The summed E-state index contributed by atoms with van der Waals surface area (Å²) in [5.41, 5.74) is 3.04. The lowest BCUT2D eigenvalue weighted by molar-refractivity contribution is 0.0337. The lowest BCUT2D eigenvalue weighted by Crippen LogP contribution is -2.41. The highest BCUT2D eigenvalue weighted by atomic mass is 16.7. The molecule has 0 bridgehead atoms. The van der Waals surface area contributed by atoms with Crippen molar-refractivity contribution < 1.29 is 24.1 Å². The highest BCUT2D eigenvalue weighted by Gasteiger charge is 2.37. The van der Waals surface area contributed by atoms with Gasteiger partial charge in [-0.2, -0.15) is 0 Å². The van der Waals surface area contributed by atoms with Crippen LogP contribution in [0.15, 0.2) is 30.3 Å². The molecule has 0 aliphatic carbocycles. The Balaban J connectivity index is 1.76. The molecule has 0 radical (unpaired) electrons. The molecule has 6 heteroatoms. The van der Waals surface area contributed by atoms with Crippen molar-refractivity contribution in [2.24, 2.45) is 0 Å². The van der Waals surface area contributed by atoms with E-state index in [1.807, 2.05) is 31.3 Å². The maximum atomic E-state index is 11.3. The third kappa shape index (κ3) is 2.99. The van der Waals surface area contributed by atoms with E-state index in [1.54, 1.807) is 14.2 Å². The zero-order valence-electron chi connectivity index (χ0n) is 16.1. The smallest absolute Gasteiger partial charge is 0.231 e. The van der Waals surface area contributed by atoms with Crippen molar-refractivity contribution in [3.8, 4) is 23.0 Å². The van der Waals surface area contributed by atoms with Gasteiger partial charge in [0.2, 0.25) is 6.79 Å². The maximum Gasteiger partial charge on any atom is 0.231 e. The lowest BCUT2D eigenvalue weighted by Gasteiger charge is -2.42. The van der Waals surface area contributed by atoms with Crippen LogP contribution in [0.5, 0.6) is 23.0 Å². The van der Waals surface area contributed by atoms with Gasteiger partial charge in [0.1, 0.15) is 0 Å². The zero-order valence-corrected chi connectivity index (χ0v) is 16.1. The minimum atomic E-state index is -0.725. The highest BCUT2D eigenvalue weighted by molar-refractivity contribution is 5.52. The molecule has 2 aromatic rings. The van der Waals surface area contributed by atoms with E-state index in [2.05, 4.69) is 17.9 Å². The summed E-state index contributed by atoms with van der Waals surface area (Å²) >= 11 is 0. The predicted octanol–water partition coefficient (Wildman–Crippen LogP) is 3.08. The quantitative estimate of drug-likeness (QED) is 0.891. The molecular weight excluding hydrogens is 346 g/mol. The van der Waals surface area contributed by atoms with Crippen LogP contribution in [0, 0.1) is 0 Å². The summed E-state index contributed by atoms with van der Waals surface area (Å²) in [5, 5.41) is 11.3. The van der Waals surface area contributed by atoms with E-state index >= 15 is 0 Å². The molecule has 3 atom stereocenters. The Bertz CT molecular complexity index is 853. The first-order valence-corrected chi connectivity index (χ1v) is 9.07. The molecule has 0 saturated carbocycles. The lowest BCUT2D eigenvalue weighted by atomic mass is 9.84. The molecule has 2 heterocycles. The Morgan fingerprint density at radius 1 is 1.07 bits per heavy atom. The standard InChI is InChI=1S/C21H25NO5/c1-12-7-14-9-18-19(27-11-26-18)10-15(14)20(22(12)2)21(23)13-5-6-16(24-3)17(8-13)25-4/h5-6,8-10,12,20-21,23H,7,11H2,1-4H3. The van der Waals surface area contributed by atoms with Crippen LogP contribution >= 0.6 is 0 Å². The number of fused-ring (bicyclic) bond motifs is 2.